The summed E-state index contributed by atoms with van der Waals surface area (Å²) in [7, 11) is 0. The molecule has 0 fully saturated rings. The first-order valence-electron chi connectivity index (χ1n) is 13.3. The van der Waals surface area contributed by atoms with Gasteiger partial charge in [-0.3, -0.25) is 14.2 Å². The summed E-state index contributed by atoms with van der Waals surface area (Å²) < 4.78 is 22.6. The Kier molecular flexibility index (Phi) is 7.48. The summed E-state index contributed by atoms with van der Waals surface area (Å²) in [5.41, 5.74) is 8.33. The highest BCUT2D eigenvalue weighted by Gasteiger charge is 2.43. The van der Waals surface area contributed by atoms with E-state index in [0.717, 1.165) is 11.1 Å². The van der Waals surface area contributed by atoms with Gasteiger partial charge in [0.05, 0.1) is 18.5 Å². The molecule has 0 saturated heterocycles. The van der Waals surface area contributed by atoms with Gasteiger partial charge in [-0.15, -0.1) is 0 Å². The molecule has 0 radical (unpaired) electrons. The van der Waals surface area contributed by atoms with Crippen molar-refractivity contribution in [3.8, 4) is 5.75 Å². The van der Waals surface area contributed by atoms with Gasteiger partial charge in [0.1, 0.15) is 23.4 Å². The van der Waals surface area contributed by atoms with Crippen LogP contribution in [-0.2, 0) is 6.54 Å². The Bertz CT molecular complexity index is 1480. The first-order valence-corrected chi connectivity index (χ1v) is 13.3. The summed E-state index contributed by atoms with van der Waals surface area (Å²) in [6.45, 7) is 6.62. The quantitative estimate of drug-likeness (QED) is 0.459. The number of benzene rings is 2. The van der Waals surface area contributed by atoms with Gasteiger partial charge in [0.15, 0.2) is 0 Å². The molecule has 1 aliphatic carbocycles. The van der Waals surface area contributed by atoms with Crippen molar-refractivity contribution >= 4 is 5.91 Å². The number of ether oxygens (including phenoxy) is 1. The molecule has 39 heavy (non-hydrogen) atoms. The molecule has 2 N–H and O–H groups in total. The minimum absolute atomic E-state index is 0.0533. The van der Waals surface area contributed by atoms with Crippen LogP contribution in [0.2, 0.25) is 0 Å². The molecule has 3 aromatic rings. The van der Waals surface area contributed by atoms with Crippen molar-refractivity contribution in [1.82, 2.24) is 14.5 Å². The van der Waals surface area contributed by atoms with Gasteiger partial charge in [-0.2, -0.15) is 0 Å². The predicted molar refractivity (Wildman–Crippen MR) is 148 cm³/mol. The van der Waals surface area contributed by atoms with E-state index in [1.165, 1.54) is 6.08 Å². The molecule has 7 nitrogen and oxygen atoms in total. The van der Waals surface area contributed by atoms with Crippen molar-refractivity contribution in [2.45, 2.75) is 45.4 Å². The monoisotopic (exact) mass is 528 g/mol. The number of hydrogen-bond donors (Lipinski definition) is 1. The summed E-state index contributed by atoms with van der Waals surface area (Å²) >= 11 is 0. The number of amides is 1. The van der Waals surface area contributed by atoms with Crippen LogP contribution >= 0.6 is 0 Å². The van der Waals surface area contributed by atoms with Gasteiger partial charge in [-0.25, -0.2) is 9.37 Å². The Labute approximate surface area is 227 Å². The maximum atomic E-state index is 15.0. The molecule has 3 atom stereocenters. The fraction of sp³-hybridized carbons (Fsp3) is 0.323. The van der Waals surface area contributed by atoms with Crippen molar-refractivity contribution in [1.29, 1.82) is 0 Å². The summed E-state index contributed by atoms with van der Waals surface area (Å²) in [4.78, 5) is 34.5. The molecule has 1 aliphatic heterocycles. The lowest BCUT2D eigenvalue weighted by molar-refractivity contribution is 0.0611. The van der Waals surface area contributed by atoms with E-state index in [1.54, 1.807) is 33.8 Å². The average molecular weight is 529 g/mol. The molecule has 5 rings (SSSR count). The number of nitrogens with two attached hydrogens (primary N) is 1. The van der Waals surface area contributed by atoms with Crippen LogP contribution in [0.15, 0.2) is 83.4 Å². The van der Waals surface area contributed by atoms with E-state index in [1.807, 2.05) is 63.2 Å². The Hall–Kier alpha value is -4.04. The zero-order valence-electron chi connectivity index (χ0n) is 22.4. The van der Waals surface area contributed by atoms with Gasteiger partial charge < -0.3 is 15.4 Å². The Morgan fingerprint density at radius 1 is 1.15 bits per heavy atom. The number of allylic oxidation sites excluding steroid dienone is 2. The Balaban J connectivity index is 1.69. The second kappa shape index (κ2) is 11.0. The van der Waals surface area contributed by atoms with Crippen molar-refractivity contribution in [2.24, 2.45) is 11.7 Å². The van der Waals surface area contributed by atoms with E-state index in [9.17, 15) is 9.59 Å². The first-order chi connectivity index (χ1) is 18.8. The van der Waals surface area contributed by atoms with Gasteiger partial charge in [0, 0.05) is 18.7 Å². The lowest BCUT2D eigenvalue weighted by atomic mass is 9.94. The largest absolute Gasteiger partial charge is 0.478 e. The molecule has 2 aliphatic rings. The fourth-order valence-electron chi connectivity index (χ4n) is 5.36. The standard InChI is InChI=1S/C31H33FN4O3/c1-19(2)27(35(17-16-33)30(37)22-14-12-20(3)13-15-22)29-34-26-25-23(32)10-7-11-24(25)39-28(26)31(38)36(29)18-21-8-5-4-6-9-21/h4-15,19,24-25,27H,16-18,33H2,1-3H3. The summed E-state index contributed by atoms with van der Waals surface area (Å²) in [6.07, 6.45) is 4.05. The topological polar surface area (TPSA) is 90.5 Å². The maximum absolute atomic E-state index is 15.0. The van der Waals surface area contributed by atoms with Crippen LogP contribution in [0, 0.1) is 12.8 Å². The van der Waals surface area contributed by atoms with Crippen LogP contribution in [0.5, 0.6) is 5.75 Å². The van der Waals surface area contributed by atoms with Gasteiger partial charge in [0.2, 0.25) is 5.75 Å². The van der Waals surface area contributed by atoms with Crippen LogP contribution in [0.3, 0.4) is 0 Å². The van der Waals surface area contributed by atoms with Crippen LogP contribution in [-0.4, -0.2) is 39.6 Å². The zero-order chi connectivity index (χ0) is 27.7. The van der Waals surface area contributed by atoms with Gasteiger partial charge >= 0.3 is 0 Å². The molecule has 1 amide bonds. The second-order valence-electron chi connectivity index (χ2n) is 10.4. The van der Waals surface area contributed by atoms with Crippen LogP contribution in [0.4, 0.5) is 4.39 Å². The normalized spacial score (nSPS) is 18.3. The SMILES string of the molecule is Cc1ccc(C(=O)N(CCN)C(c2nc3c(c(=O)n2Cc2ccccc2)OC2C=CC=C(F)C32)C(C)C)cc1. The van der Waals surface area contributed by atoms with Crippen molar-refractivity contribution in [2.75, 3.05) is 13.1 Å². The van der Waals surface area contributed by atoms with E-state index in [4.69, 9.17) is 15.5 Å². The van der Waals surface area contributed by atoms with E-state index >= 15 is 4.39 Å². The number of aryl methyl sites for hydroxylation is 1. The van der Waals surface area contributed by atoms with Gasteiger partial charge in [-0.1, -0.05) is 68.0 Å². The molecule has 1 aromatic heterocycles. The number of carbonyl (C=O) groups is 1. The third-order valence-electron chi connectivity index (χ3n) is 7.26. The Morgan fingerprint density at radius 2 is 1.87 bits per heavy atom. The lowest BCUT2D eigenvalue weighted by Crippen LogP contribution is -2.43. The number of rotatable bonds is 8. The Morgan fingerprint density at radius 3 is 2.54 bits per heavy atom. The predicted octanol–water partition coefficient (Wildman–Crippen LogP) is 4.67. The van der Waals surface area contributed by atoms with E-state index in [-0.39, 0.29) is 42.9 Å². The molecule has 2 heterocycles. The number of carbonyl (C=O) groups excluding carboxylic acids is 1. The third-order valence-corrected chi connectivity index (χ3v) is 7.26. The van der Waals surface area contributed by atoms with Crippen LogP contribution in [0.1, 0.15) is 58.8 Å². The van der Waals surface area contributed by atoms with E-state index < -0.39 is 29.4 Å². The molecular formula is C31H33FN4O3. The van der Waals surface area contributed by atoms with Crippen molar-refractivity contribution < 1.29 is 13.9 Å². The molecule has 0 saturated carbocycles. The molecule has 202 valence electrons. The minimum atomic E-state index is -0.800. The average Bonchev–Trinajstić information content (AvgIpc) is 3.31. The van der Waals surface area contributed by atoms with Gasteiger partial charge in [-0.05, 0) is 42.7 Å². The van der Waals surface area contributed by atoms with Crippen molar-refractivity contribution in [3.05, 3.63) is 117 Å². The highest BCUT2D eigenvalue weighted by molar-refractivity contribution is 5.94. The lowest BCUT2D eigenvalue weighted by Gasteiger charge is -2.35. The summed E-state index contributed by atoms with van der Waals surface area (Å²) in [5, 5.41) is 0. The smallest absolute Gasteiger partial charge is 0.296 e. The molecule has 0 bridgehead atoms. The summed E-state index contributed by atoms with van der Waals surface area (Å²) in [6, 6.07) is 16.3. The minimum Gasteiger partial charge on any atom is -0.478 e. The fourth-order valence-corrected chi connectivity index (χ4v) is 5.36. The highest BCUT2D eigenvalue weighted by Crippen LogP contribution is 2.43. The van der Waals surface area contributed by atoms with Crippen LogP contribution < -0.4 is 16.0 Å². The van der Waals surface area contributed by atoms with E-state index in [2.05, 4.69) is 0 Å². The highest BCUT2D eigenvalue weighted by atomic mass is 19.1. The number of aromatic nitrogens is 2. The van der Waals surface area contributed by atoms with Crippen LogP contribution in [0.25, 0.3) is 0 Å². The second-order valence-corrected chi connectivity index (χ2v) is 10.4. The van der Waals surface area contributed by atoms with E-state index in [0.29, 0.717) is 11.4 Å². The number of fused-ring (bicyclic) bond motifs is 3. The molecular weight excluding hydrogens is 495 g/mol. The zero-order valence-corrected chi connectivity index (χ0v) is 22.4. The van der Waals surface area contributed by atoms with Gasteiger partial charge in [0.25, 0.3) is 11.5 Å². The number of hydrogen-bond acceptors (Lipinski definition) is 5. The maximum Gasteiger partial charge on any atom is 0.296 e. The summed E-state index contributed by atoms with van der Waals surface area (Å²) in [5.74, 6) is -1.11. The molecule has 0 spiro atoms. The molecule has 2 aromatic carbocycles. The molecule has 8 heteroatoms. The number of halogens is 1. The number of nitrogens with zero attached hydrogens (tertiary/aromatic N) is 3. The van der Waals surface area contributed by atoms with Crippen molar-refractivity contribution in [3.63, 3.8) is 0 Å². The molecule has 3 unspecified atom stereocenters. The first kappa shape index (κ1) is 26.6. The third kappa shape index (κ3) is 5.04.